The Morgan fingerprint density at radius 1 is 0.676 bits per heavy atom. The third-order valence-electron chi connectivity index (χ3n) is 5.76. The molecular weight excluding hydrogens is 420 g/mol. The molecule has 0 aliphatic rings. The Morgan fingerprint density at radius 2 is 1.21 bits per heavy atom. The zero-order chi connectivity index (χ0) is 23.8. The summed E-state index contributed by atoms with van der Waals surface area (Å²) < 4.78 is 5.91. The van der Waals surface area contributed by atoms with Gasteiger partial charge in [-0.3, -0.25) is 0 Å². The molecule has 0 atom stereocenters. The first-order valence-corrected chi connectivity index (χ1v) is 11.5. The minimum Gasteiger partial charge on any atom is -0.489 e. The first kappa shape index (κ1) is 23.1. The highest BCUT2D eigenvalue weighted by molar-refractivity contribution is 5.91. The number of nitrogens with one attached hydrogen (secondary N) is 1. The fourth-order valence-electron chi connectivity index (χ4n) is 3.85. The molecule has 1 N–H and O–H groups in total. The van der Waals surface area contributed by atoms with Gasteiger partial charge in [-0.1, -0.05) is 91.0 Å². The number of aryl methyl sites for hydroxylation is 2. The minimum absolute atomic E-state index is 0.120. The average molecular weight is 451 g/mol. The van der Waals surface area contributed by atoms with Crippen LogP contribution in [0.1, 0.15) is 27.8 Å². The Hall–Kier alpha value is -4.05. The minimum atomic E-state index is -0.120. The Labute approximate surface area is 201 Å². The molecule has 34 heavy (non-hydrogen) atoms. The van der Waals surface area contributed by atoms with E-state index in [1.807, 2.05) is 122 Å². The molecule has 4 aromatic rings. The van der Waals surface area contributed by atoms with Crippen LogP contribution in [0.4, 0.5) is 10.5 Å². The number of hydrogen-bond acceptors (Lipinski definition) is 2. The van der Waals surface area contributed by atoms with Crippen LogP contribution in [0.15, 0.2) is 103 Å². The maximum absolute atomic E-state index is 13.3. The predicted molar refractivity (Wildman–Crippen MR) is 138 cm³/mol. The Bertz CT molecular complexity index is 1190. The van der Waals surface area contributed by atoms with Gasteiger partial charge >= 0.3 is 6.03 Å². The number of hydrogen-bond donors (Lipinski definition) is 1. The third kappa shape index (κ3) is 6.26. The van der Waals surface area contributed by atoms with Crippen LogP contribution in [-0.2, 0) is 19.7 Å². The van der Waals surface area contributed by atoms with E-state index in [4.69, 9.17) is 4.74 Å². The summed E-state index contributed by atoms with van der Waals surface area (Å²) in [5.74, 6) is 0.808. The van der Waals surface area contributed by atoms with Crippen molar-refractivity contribution in [1.29, 1.82) is 0 Å². The van der Waals surface area contributed by atoms with Crippen molar-refractivity contribution in [3.8, 4) is 5.75 Å². The smallest absolute Gasteiger partial charge is 0.322 e. The molecule has 4 rings (SSSR count). The summed E-state index contributed by atoms with van der Waals surface area (Å²) in [5.41, 5.74) is 6.22. The molecule has 0 heterocycles. The molecule has 0 radical (unpaired) electrons. The van der Waals surface area contributed by atoms with E-state index in [0.29, 0.717) is 19.7 Å². The number of carbonyl (C=O) groups excluding carboxylic acids is 1. The van der Waals surface area contributed by atoms with E-state index in [1.165, 1.54) is 0 Å². The average Bonchev–Trinajstić information content (AvgIpc) is 2.86. The molecule has 4 aromatic carbocycles. The standard InChI is InChI=1S/C30H30N2O2/c1-23-10-9-11-24(2)29(23)31-30(33)32(20-25-12-5-3-6-13-25)21-26-16-18-28(19-17-26)34-22-27-14-7-4-8-15-27/h3-19H,20-22H2,1-2H3,(H,31,33). The molecule has 0 aromatic heterocycles. The monoisotopic (exact) mass is 450 g/mol. The second-order valence-corrected chi connectivity index (χ2v) is 8.46. The number of amides is 2. The Balaban J connectivity index is 1.47. The van der Waals surface area contributed by atoms with Crippen LogP contribution in [0.2, 0.25) is 0 Å². The molecule has 0 bridgehead atoms. The molecule has 2 amide bonds. The second-order valence-electron chi connectivity index (χ2n) is 8.46. The quantitative estimate of drug-likeness (QED) is 0.311. The lowest BCUT2D eigenvalue weighted by atomic mass is 10.1. The third-order valence-corrected chi connectivity index (χ3v) is 5.76. The van der Waals surface area contributed by atoms with Gasteiger partial charge in [-0.05, 0) is 53.8 Å². The van der Waals surface area contributed by atoms with Gasteiger partial charge in [0.15, 0.2) is 0 Å². The van der Waals surface area contributed by atoms with Gasteiger partial charge in [-0.2, -0.15) is 0 Å². The van der Waals surface area contributed by atoms with E-state index in [-0.39, 0.29) is 6.03 Å². The molecule has 0 fully saturated rings. The Kier molecular flexibility index (Phi) is 7.61. The molecule has 172 valence electrons. The fraction of sp³-hybridized carbons (Fsp3) is 0.167. The van der Waals surface area contributed by atoms with Gasteiger partial charge in [0.1, 0.15) is 12.4 Å². The molecule has 0 aliphatic heterocycles. The number of carbonyl (C=O) groups is 1. The highest BCUT2D eigenvalue weighted by Gasteiger charge is 2.17. The van der Waals surface area contributed by atoms with E-state index in [9.17, 15) is 4.79 Å². The number of benzene rings is 4. The summed E-state index contributed by atoms with van der Waals surface area (Å²) in [6.07, 6.45) is 0. The van der Waals surface area contributed by atoms with E-state index in [1.54, 1.807) is 0 Å². The molecule has 4 nitrogen and oxygen atoms in total. The van der Waals surface area contributed by atoms with Gasteiger partial charge in [-0.15, -0.1) is 0 Å². The maximum atomic E-state index is 13.3. The lowest BCUT2D eigenvalue weighted by molar-refractivity contribution is 0.206. The first-order chi connectivity index (χ1) is 16.6. The van der Waals surface area contributed by atoms with Gasteiger partial charge < -0.3 is 15.0 Å². The van der Waals surface area contributed by atoms with Crippen LogP contribution < -0.4 is 10.1 Å². The highest BCUT2D eigenvalue weighted by atomic mass is 16.5. The first-order valence-electron chi connectivity index (χ1n) is 11.5. The van der Waals surface area contributed by atoms with Crippen molar-refractivity contribution in [2.75, 3.05) is 5.32 Å². The van der Waals surface area contributed by atoms with E-state index in [2.05, 4.69) is 5.32 Å². The second kappa shape index (κ2) is 11.2. The van der Waals surface area contributed by atoms with Crippen molar-refractivity contribution < 1.29 is 9.53 Å². The van der Waals surface area contributed by atoms with Gasteiger partial charge in [0.25, 0.3) is 0 Å². The topological polar surface area (TPSA) is 41.6 Å². The largest absolute Gasteiger partial charge is 0.489 e. The molecule has 0 saturated carbocycles. The van der Waals surface area contributed by atoms with Crippen LogP contribution in [0, 0.1) is 13.8 Å². The van der Waals surface area contributed by atoms with Gasteiger partial charge in [0, 0.05) is 18.8 Å². The number of rotatable bonds is 8. The lowest BCUT2D eigenvalue weighted by Gasteiger charge is -2.25. The number of ether oxygens (including phenoxy) is 1. The number of nitrogens with zero attached hydrogens (tertiary/aromatic N) is 1. The van der Waals surface area contributed by atoms with Crippen molar-refractivity contribution in [2.24, 2.45) is 0 Å². The maximum Gasteiger partial charge on any atom is 0.322 e. The van der Waals surface area contributed by atoms with Gasteiger partial charge in [-0.25, -0.2) is 4.79 Å². The normalized spacial score (nSPS) is 10.5. The van der Waals surface area contributed by atoms with Crippen LogP contribution in [0.3, 0.4) is 0 Å². The van der Waals surface area contributed by atoms with Crippen molar-refractivity contribution in [1.82, 2.24) is 4.90 Å². The Morgan fingerprint density at radius 3 is 1.79 bits per heavy atom. The summed E-state index contributed by atoms with van der Waals surface area (Å²) in [7, 11) is 0. The van der Waals surface area contributed by atoms with Crippen LogP contribution in [0.5, 0.6) is 5.75 Å². The van der Waals surface area contributed by atoms with Crippen molar-refractivity contribution >= 4 is 11.7 Å². The summed E-state index contributed by atoms with van der Waals surface area (Å²) in [6, 6.07) is 34.0. The summed E-state index contributed by atoms with van der Waals surface area (Å²) in [4.78, 5) is 15.2. The molecule has 0 spiro atoms. The predicted octanol–water partition coefficient (Wildman–Crippen LogP) is 7.12. The van der Waals surface area contributed by atoms with Crippen LogP contribution in [0.25, 0.3) is 0 Å². The highest BCUT2D eigenvalue weighted by Crippen LogP contribution is 2.22. The van der Waals surface area contributed by atoms with E-state index in [0.717, 1.165) is 39.3 Å². The zero-order valence-corrected chi connectivity index (χ0v) is 19.7. The number of para-hydroxylation sites is 1. The zero-order valence-electron chi connectivity index (χ0n) is 19.7. The summed E-state index contributed by atoms with van der Waals surface area (Å²) >= 11 is 0. The molecule has 0 saturated heterocycles. The number of anilines is 1. The molecular formula is C30H30N2O2. The summed E-state index contributed by atoms with van der Waals surface area (Å²) in [5, 5.41) is 3.13. The number of urea groups is 1. The lowest BCUT2D eigenvalue weighted by Crippen LogP contribution is -2.34. The van der Waals surface area contributed by atoms with Crippen molar-refractivity contribution in [3.63, 3.8) is 0 Å². The van der Waals surface area contributed by atoms with Crippen LogP contribution in [-0.4, -0.2) is 10.9 Å². The summed E-state index contributed by atoms with van der Waals surface area (Å²) in [6.45, 7) is 5.56. The van der Waals surface area contributed by atoms with Crippen molar-refractivity contribution in [3.05, 3.63) is 131 Å². The SMILES string of the molecule is Cc1cccc(C)c1NC(=O)N(Cc1ccccc1)Cc1ccc(OCc2ccccc2)cc1. The molecule has 0 aliphatic carbocycles. The fourth-order valence-corrected chi connectivity index (χ4v) is 3.85. The van der Waals surface area contributed by atoms with Crippen molar-refractivity contribution in [2.45, 2.75) is 33.5 Å². The van der Waals surface area contributed by atoms with Gasteiger partial charge in [0.05, 0.1) is 0 Å². The van der Waals surface area contributed by atoms with Crippen LogP contribution >= 0.6 is 0 Å². The molecule has 0 unspecified atom stereocenters. The van der Waals surface area contributed by atoms with E-state index < -0.39 is 0 Å². The van der Waals surface area contributed by atoms with Gasteiger partial charge in [0.2, 0.25) is 0 Å². The molecule has 4 heteroatoms. The van der Waals surface area contributed by atoms with E-state index >= 15 is 0 Å².